The van der Waals surface area contributed by atoms with Crippen molar-refractivity contribution in [3.8, 4) is 0 Å². The Morgan fingerprint density at radius 1 is 0.882 bits per heavy atom. The highest BCUT2D eigenvalue weighted by atomic mass is 35.5. The Balaban J connectivity index is 1.44. The smallest absolute Gasteiger partial charge is 0.251 e. The Morgan fingerprint density at radius 2 is 1.47 bits per heavy atom. The highest BCUT2D eigenvalue weighted by Gasteiger charge is 2.22. The molecule has 0 spiro atoms. The maximum atomic E-state index is 13.2. The molecule has 0 aliphatic carbocycles. The summed E-state index contributed by atoms with van der Waals surface area (Å²) < 4.78 is 0. The first-order chi connectivity index (χ1) is 16.5. The number of benzene rings is 3. The fourth-order valence-electron chi connectivity index (χ4n) is 3.83. The molecule has 6 nitrogen and oxygen atoms in total. The lowest BCUT2D eigenvalue weighted by molar-refractivity contribution is -0.117. The van der Waals surface area contributed by atoms with Crippen molar-refractivity contribution >= 4 is 52.0 Å². The number of nitrogens with zero attached hydrogens (tertiary/aromatic N) is 1. The average Bonchev–Trinajstić information content (AvgIpc) is 3.40. The first-order valence-corrected chi connectivity index (χ1v) is 11.9. The number of hydrogen-bond acceptors (Lipinski definition) is 3. The van der Waals surface area contributed by atoms with Crippen LogP contribution in [-0.4, -0.2) is 34.8 Å². The van der Waals surface area contributed by atoms with Crippen molar-refractivity contribution in [2.45, 2.75) is 18.9 Å². The first kappa shape index (κ1) is 23.7. The second-order valence-corrected chi connectivity index (χ2v) is 8.90. The molecule has 3 aromatic rings. The monoisotopic (exact) mass is 491 g/mol. The van der Waals surface area contributed by atoms with E-state index in [2.05, 4.69) is 20.9 Å². The molecule has 1 unspecified atom stereocenters. The lowest BCUT2D eigenvalue weighted by Gasteiger charge is -2.21. The van der Waals surface area contributed by atoms with Crippen LogP contribution in [0.25, 0.3) is 0 Å². The Labute approximate surface area is 209 Å². The van der Waals surface area contributed by atoms with Crippen LogP contribution in [0.5, 0.6) is 0 Å². The third kappa shape index (κ3) is 6.12. The summed E-state index contributed by atoms with van der Waals surface area (Å²) in [5, 5.41) is 18.5. The molecule has 1 aliphatic rings. The summed E-state index contributed by atoms with van der Waals surface area (Å²) in [6.45, 7) is 1.84. The van der Waals surface area contributed by atoms with Gasteiger partial charge in [-0.2, -0.15) is 0 Å². The number of likely N-dealkylation sites (tertiary alicyclic amines) is 1. The van der Waals surface area contributed by atoms with E-state index >= 15 is 0 Å². The van der Waals surface area contributed by atoms with Crippen molar-refractivity contribution < 1.29 is 4.79 Å². The molecule has 0 radical (unpaired) electrons. The quantitative estimate of drug-likeness (QED) is 0.210. The van der Waals surface area contributed by atoms with Gasteiger partial charge in [-0.25, -0.2) is 0 Å². The summed E-state index contributed by atoms with van der Waals surface area (Å²) in [5.41, 5.74) is 3.05. The van der Waals surface area contributed by atoms with Crippen LogP contribution in [0.3, 0.4) is 0 Å². The number of amides is 1. The molecule has 0 aromatic heterocycles. The lowest BCUT2D eigenvalue weighted by Crippen LogP contribution is -2.39. The zero-order chi connectivity index (χ0) is 23.9. The third-order valence-electron chi connectivity index (χ3n) is 5.62. The van der Waals surface area contributed by atoms with Gasteiger partial charge in [-0.15, -0.1) is 0 Å². The molecule has 4 N–H and O–H groups in total. The molecule has 34 heavy (non-hydrogen) atoms. The predicted octanol–water partition coefficient (Wildman–Crippen LogP) is 5.43. The molecule has 1 amide bonds. The van der Waals surface area contributed by atoms with Crippen molar-refractivity contribution in [1.29, 1.82) is 5.41 Å². The summed E-state index contributed by atoms with van der Waals surface area (Å²) in [7, 11) is 0. The van der Waals surface area contributed by atoms with Gasteiger partial charge in [0.1, 0.15) is 11.9 Å². The van der Waals surface area contributed by atoms with Gasteiger partial charge < -0.3 is 20.9 Å². The number of carbonyl (C=O) groups is 1. The van der Waals surface area contributed by atoms with E-state index in [1.807, 2.05) is 66.7 Å². The minimum atomic E-state index is -0.698. The van der Waals surface area contributed by atoms with Gasteiger partial charge in [-0.05, 0) is 79.2 Å². The van der Waals surface area contributed by atoms with Crippen molar-refractivity contribution in [3.63, 3.8) is 0 Å². The van der Waals surface area contributed by atoms with E-state index in [4.69, 9.17) is 29.2 Å². The fraction of sp³-hybridized carbons (Fsp3) is 0.192. The summed E-state index contributed by atoms with van der Waals surface area (Å²) in [6, 6.07) is 23.3. The number of halogens is 1. The van der Waals surface area contributed by atoms with E-state index in [-0.39, 0.29) is 5.91 Å². The number of thiocarbonyl (C=S) groups is 1. The third-order valence-corrected chi connectivity index (χ3v) is 6.09. The van der Waals surface area contributed by atoms with Gasteiger partial charge in [-0.1, -0.05) is 41.9 Å². The Kier molecular flexibility index (Phi) is 7.77. The molecule has 1 fully saturated rings. The van der Waals surface area contributed by atoms with E-state index in [1.54, 1.807) is 12.1 Å². The predicted molar refractivity (Wildman–Crippen MR) is 143 cm³/mol. The Hall–Kier alpha value is -3.42. The Bertz CT molecular complexity index is 1150. The molecular formula is C26H26ClN5OS. The Morgan fingerprint density at radius 3 is 2.12 bits per heavy atom. The van der Waals surface area contributed by atoms with Gasteiger partial charge in [-0.3, -0.25) is 10.2 Å². The molecule has 4 rings (SSSR count). The molecule has 174 valence electrons. The van der Waals surface area contributed by atoms with Crippen LogP contribution in [0, 0.1) is 5.41 Å². The van der Waals surface area contributed by atoms with Gasteiger partial charge in [0.15, 0.2) is 5.11 Å². The van der Waals surface area contributed by atoms with Crippen LogP contribution in [0.1, 0.15) is 30.0 Å². The summed E-state index contributed by atoms with van der Waals surface area (Å²) in [6.07, 6.45) is 2.25. The minimum Gasteiger partial charge on any atom is -0.357 e. The van der Waals surface area contributed by atoms with E-state index in [9.17, 15) is 4.79 Å². The van der Waals surface area contributed by atoms with Crippen molar-refractivity contribution in [1.82, 2.24) is 10.2 Å². The van der Waals surface area contributed by atoms with Crippen molar-refractivity contribution in [3.05, 3.63) is 95.0 Å². The van der Waals surface area contributed by atoms with Crippen LogP contribution in [0.2, 0.25) is 5.02 Å². The van der Waals surface area contributed by atoms with E-state index < -0.39 is 6.04 Å². The van der Waals surface area contributed by atoms with E-state index in [0.717, 1.165) is 42.7 Å². The molecule has 1 heterocycles. The van der Waals surface area contributed by atoms with Gasteiger partial charge in [0.05, 0.1) is 0 Å². The lowest BCUT2D eigenvalue weighted by atomic mass is 10.1. The molecule has 1 saturated heterocycles. The molecule has 0 bridgehead atoms. The van der Waals surface area contributed by atoms with E-state index in [0.29, 0.717) is 21.7 Å². The van der Waals surface area contributed by atoms with E-state index in [1.165, 1.54) is 0 Å². The average molecular weight is 492 g/mol. The number of rotatable bonds is 6. The molecule has 3 aromatic carbocycles. The SMILES string of the molecule is N=C(c1ccc(NC(=O)C(NC(=S)Nc2ccc(Cl)cc2)c2ccccc2)cc1)N1CCCC1. The molecule has 1 atom stereocenters. The van der Waals surface area contributed by atoms with Crippen LogP contribution in [0.4, 0.5) is 11.4 Å². The van der Waals surface area contributed by atoms with Gasteiger partial charge >= 0.3 is 0 Å². The number of hydrogen-bond donors (Lipinski definition) is 4. The number of nitrogens with one attached hydrogen (secondary N) is 4. The zero-order valence-electron chi connectivity index (χ0n) is 18.6. The second-order valence-electron chi connectivity index (χ2n) is 8.06. The highest BCUT2D eigenvalue weighted by molar-refractivity contribution is 7.80. The number of amidine groups is 1. The largest absolute Gasteiger partial charge is 0.357 e. The topological polar surface area (TPSA) is 80.2 Å². The van der Waals surface area contributed by atoms with Gasteiger partial charge in [0.2, 0.25) is 0 Å². The zero-order valence-corrected chi connectivity index (χ0v) is 20.1. The van der Waals surface area contributed by atoms with Crippen molar-refractivity contribution in [2.75, 3.05) is 23.7 Å². The summed E-state index contributed by atoms with van der Waals surface area (Å²) >= 11 is 11.4. The molecular weight excluding hydrogens is 466 g/mol. The summed E-state index contributed by atoms with van der Waals surface area (Å²) in [5.74, 6) is 0.284. The number of carbonyl (C=O) groups excluding carboxylic acids is 1. The van der Waals surface area contributed by atoms with Crippen LogP contribution in [-0.2, 0) is 4.79 Å². The molecule has 0 saturated carbocycles. The normalized spacial score (nSPS) is 13.7. The minimum absolute atomic E-state index is 0.242. The van der Waals surface area contributed by atoms with Crippen molar-refractivity contribution in [2.24, 2.45) is 0 Å². The van der Waals surface area contributed by atoms with Crippen LogP contribution < -0.4 is 16.0 Å². The number of anilines is 2. The van der Waals surface area contributed by atoms with Crippen LogP contribution in [0.15, 0.2) is 78.9 Å². The highest BCUT2D eigenvalue weighted by Crippen LogP contribution is 2.19. The maximum absolute atomic E-state index is 13.2. The van der Waals surface area contributed by atoms with Gasteiger partial charge in [0.25, 0.3) is 5.91 Å². The second kappa shape index (κ2) is 11.1. The maximum Gasteiger partial charge on any atom is 0.251 e. The fourth-order valence-corrected chi connectivity index (χ4v) is 4.19. The summed E-state index contributed by atoms with van der Waals surface area (Å²) in [4.78, 5) is 15.3. The van der Waals surface area contributed by atoms with Crippen LogP contribution >= 0.6 is 23.8 Å². The molecule has 1 aliphatic heterocycles. The van der Waals surface area contributed by atoms with Gasteiger partial charge in [0, 0.05) is 35.1 Å². The first-order valence-electron chi connectivity index (χ1n) is 11.1. The molecule has 8 heteroatoms. The standard InChI is InChI=1S/C26H26ClN5OS/c27-20-10-14-22(15-11-20)30-26(34)31-23(18-6-2-1-3-7-18)25(33)29-21-12-8-19(9-13-21)24(28)32-16-4-5-17-32/h1-3,6-15,23,28H,4-5,16-17H2,(H,29,33)(H2,30,31,34).